The van der Waals surface area contributed by atoms with Crippen LogP contribution < -0.4 is 64.7 Å². The minimum atomic E-state index is -1.60. The Morgan fingerprint density at radius 2 is 1.46 bits per heavy atom. The molecule has 0 radical (unpaired) electrons. The van der Waals surface area contributed by atoms with Gasteiger partial charge in [0, 0.05) is 54.1 Å². The van der Waals surface area contributed by atoms with Gasteiger partial charge in [0.2, 0.25) is 5.91 Å². The number of carbonyl (C=O) groups is 2. The summed E-state index contributed by atoms with van der Waals surface area (Å²) in [7, 11) is -3.16. The lowest BCUT2D eigenvalue weighted by Gasteiger charge is -2.10. The van der Waals surface area contributed by atoms with Gasteiger partial charge in [0.25, 0.3) is 5.69 Å². The molecular weight excluding hydrogens is 718 g/mol. The standard InChI is InChI=1S/C32H34B2N4O6.2BrH/c1-23(2)31(39)35-14-6-15-36-32(40)30-20-26(13-18-38(30)21-24-7-5-9-28(19-24)33(41)42)25-11-16-37(17-12-25)22-27-8-3-4-10-29(27)34(43)44;;/h3-5,7-13,16-20,41-44H,1,6,14-15,21-22H2,2H3;2*1H. The van der Waals surface area contributed by atoms with E-state index >= 15 is 0 Å². The molecule has 0 unspecified atom stereocenters. The molecule has 240 valence electrons. The zero-order chi connectivity index (χ0) is 31.6. The van der Waals surface area contributed by atoms with Crippen LogP contribution in [0.1, 0.15) is 35.0 Å². The van der Waals surface area contributed by atoms with Gasteiger partial charge in [-0.2, -0.15) is 4.57 Å². The van der Waals surface area contributed by atoms with Crippen molar-refractivity contribution in [2.24, 2.45) is 0 Å². The minimum absolute atomic E-state index is 0. The van der Waals surface area contributed by atoms with Gasteiger partial charge in [-0.3, -0.25) is 9.59 Å². The average Bonchev–Trinajstić information content (AvgIpc) is 3.01. The van der Waals surface area contributed by atoms with Gasteiger partial charge in [-0.25, -0.2) is 4.57 Å². The van der Waals surface area contributed by atoms with Crippen LogP contribution in [0.15, 0.2) is 104 Å². The van der Waals surface area contributed by atoms with Crippen LogP contribution in [-0.2, 0) is 17.9 Å². The van der Waals surface area contributed by atoms with Crippen molar-refractivity contribution in [1.29, 1.82) is 0 Å². The molecule has 2 aromatic heterocycles. The van der Waals surface area contributed by atoms with Crippen molar-refractivity contribution in [3.05, 3.63) is 120 Å². The van der Waals surface area contributed by atoms with E-state index in [-0.39, 0.29) is 45.8 Å². The number of benzene rings is 2. The molecule has 10 nitrogen and oxygen atoms in total. The molecule has 4 aromatic rings. The maximum absolute atomic E-state index is 13.4. The summed E-state index contributed by atoms with van der Waals surface area (Å²) < 4.78 is 3.72. The summed E-state index contributed by atoms with van der Waals surface area (Å²) >= 11 is 0. The lowest BCUT2D eigenvalue weighted by Crippen LogP contribution is -3.00. The molecule has 2 aromatic carbocycles. The number of nitrogens with one attached hydrogen (secondary N) is 2. The number of aromatic nitrogens is 2. The van der Waals surface area contributed by atoms with Gasteiger partial charge in [-0.05, 0) is 35.4 Å². The zero-order valence-corrected chi connectivity index (χ0v) is 28.5. The number of amides is 2. The summed E-state index contributed by atoms with van der Waals surface area (Å²) in [5.41, 5.74) is 4.91. The summed E-state index contributed by atoms with van der Waals surface area (Å²) in [6.07, 6.45) is 6.14. The molecule has 46 heavy (non-hydrogen) atoms. The quantitative estimate of drug-likeness (QED) is 0.0347. The first-order chi connectivity index (χ1) is 21.1. The largest absolute Gasteiger partial charge is 1.00 e. The Balaban J connectivity index is 0.00000368. The van der Waals surface area contributed by atoms with Gasteiger partial charge in [-0.15, -0.1) is 0 Å². The second-order valence-electron chi connectivity index (χ2n) is 10.5. The number of nitrogens with zero attached hydrogens (tertiary/aromatic N) is 2. The third kappa shape index (κ3) is 10.7. The Morgan fingerprint density at radius 1 is 0.783 bits per heavy atom. The third-order valence-corrected chi connectivity index (χ3v) is 7.09. The second-order valence-corrected chi connectivity index (χ2v) is 10.5. The maximum atomic E-state index is 13.4. The molecule has 6 N–H and O–H groups in total. The average molecular weight is 754 g/mol. The van der Waals surface area contributed by atoms with Gasteiger partial charge < -0.3 is 64.7 Å². The molecule has 14 heteroatoms. The monoisotopic (exact) mass is 752 g/mol. The fraction of sp³-hybridized carbons (Fsp3) is 0.188. The zero-order valence-electron chi connectivity index (χ0n) is 25.3. The number of carbonyl (C=O) groups excluding carboxylic acids is 2. The van der Waals surface area contributed by atoms with Crippen molar-refractivity contribution >= 4 is 37.0 Å². The Bertz CT molecular complexity index is 1640. The van der Waals surface area contributed by atoms with E-state index in [9.17, 15) is 29.7 Å². The van der Waals surface area contributed by atoms with E-state index in [0.717, 1.165) is 22.3 Å². The smallest absolute Gasteiger partial charge is 0.488 e. The summed E-state index contributed by atoms with van der Waals surface area (Å²) in [4.78, 5) is 25.1. The molecule has 0 saturated heterocycles. The molecule has 2 amide bonds. The molecule has 0 bridgehead atoms. The number of hydrogen-bond acceptors (Lipinski definition) is 6. The van der Waals surface area contributed by atoms with Crippen LogP contribution in [0.3, 0.4) is 0 Å². The highest BCUT2D eigenvalue weighted by atomic mass is 79.9. The molecule has 0 spiro atoms. The van der Waals surface area contributed by atoms with Crippen molar-refractivity contribution in [2.45, 2.75) is 26.4 Å². The van der Waals surface area contributed by atoms with E-state index in [1.165, 1.54) is 0 Å². The number of pyridine rings is 2. The van der Waals surface area contributed by atoms with Crippen LogP contribution in [0, 0.1) is 0 Å². The van der Waals surface area contributed by atoms with Crippen LogP contribution in [0.2, 0.25) is 0 Å². The fourth-order valence-electron chi connectivity index (χ4n) is 4.71. The Labute approximate surface area is 290 Å². The highest BCUT2D eigenvalue weighted by Crippen LogP contribution is 2.18. The summed E-state index contributed by atoms with van der Waals surface area (Å²) in [6, 6.07) is 21.6. The molecular formula is C32H36B2Br2N4O6. The topological polar surface area (TPSA) is 147 Å². The Kier molecular flexibility index (Phi) is 15.5. The molecule has 0 aliphatic heterocycles. The van der Waals surface area contributed by atoms with E-state index in [1.54, 1.807) is 47.9 Å². The van der Waals surface area contributed by atoms with Crippen LogP contribution in [0.5, 0.6) is 0 Å². The first kappa shape index (κ1) is 38.5. The predicted molar refractivity (Wildman–Crippen MR) is 168 cm³/mol. The van der Waals surface area contributed by atoms with E-state index in [2.05, 4.69) is 17.2 Å². The molecule has 0 fully saturated rings. The summed E-state index contributed by atoms with van der Waals surface area (Å²) in [6.45, 7) is 6.77. The van der Waals surface area contributed by atoms with Gasteiger partial charge in [-0.1, -0.05) is 55.1 Å². The lowest BCUT2D eigenvalue weighted by atomic mass is 9.77. The lowest BCUT2D eigenvalue weighted by molar-refractivity contribution is -0.690. The van der Waals surface area contributed by atoms with E-state index in [0.29, 0.717) is 54.8 Å². The second kappa shape index (κ2) is 18.5. The molecule has 0 aliphatic carbocycles. The van der Waals surface area contributed by atoms with Gasteiger partial charge in [0.05, 0.1) is 0 Å². The number of hydrogen-bond donors (Lipinski definition) is 6. The van der Waals surface area contributed by atoms with Crippen LogP contribution >= 0.6 is 0 Å². The van der Waals surface area contributed by atoms with Crippen LogP contribution in [-0.4, -0.2) is 59.2 Å². The van der Waals surface area contributed by atoms with Crippen molar-refractivity contribution in [1.82, 2.24) is 10.6 Å². The predicted octanol–water partition coefficient (Wildman–Crippen LogP) is -6.80. The van der Waals surface area contributed by atoms with Crippen LogP contribution in [0.25, 0.3) is 11.1 Å². The minimum Gasteiger partial charge on any atom is -1.00 e. The molecule has 0 atom stereocenters. The molecule has 2 heterocycles. The van der Waals surface area contributed by atoms with Crippen molar-refractivity contribution in [3.8, 4) is 11.1 Å². The first-order valence-corrected chi connectivity index (χ1v) is 14.3. The van der Waals surface area contributed by atoms with Gasteiger partial charge >= 0.3 is 20.1 Å². The maximum Gasteiger partial charge on any atom is 0.488 e. The Morgan fingerprint density at radius 3 is 2.13 bits per heavy atom. The Hall–Kier alpha value is -3.65. The highest BCUT2D eigenvalue weighted by molar-refractivity contribution is 6.59. The summed E-state index contributed by atoms with van der Waals surface area (Å²) in [5, 5.41) is 44.3. The summed E-state index contributed by atoms with van der Waals surface area (Å²) in [5.74, 6) is -0.516. The van der Waals surface area contributed by atoms with Gasteiger partial charge in [0.1, 0.15) is 0 Å². The number of rotatable bonds is 13. The normalized spacial score (nSPS) is 10.2. The van der Waals surface area contributed by atoms with E-state index < -0.39 is 14.2 Å². The van der Waals surface area contributed by atoms with Crippen LogP contribution in [0.4, 0.5) is 0 Å². The van der Waals surface area contributed by atoms with E-state index in [4.69, 9.17) is 0 Å². The van der Waals surface area contributed by atoms with Crippen molar-refractivity contribution < 1.29 is 72.8 Å². The fourth-order valence-corrected chi connectivity index (χ4v) is 4.71. The first-order valence-electron chi connectivity index (χ1n) is 14.3. The van der Waals surface area contributed by atoms with E-state index in [1.807, 2.05) is 59.6 Å². The third-order valence-electron chi connectivity index (χ3n) is 7.09. The van der Waals surface area contributed by atoms with Crippen molar-refractivity contribution in [3.63, 3.8) is 0 Å². The molecule has 4 rings (SSSR count). The SMILES string of the molecule is C=C(C)C(=O)NCCCNC(=O)c1cc(-c2cc[n+](Cc3ccccc3B(O)O)cc2)cc[n+]1Cc1cccc(B(O)O)c1.[Br-].[Br-]. The molecule has 0 aliphatic rings. The van der Waals surface area contributed by atoms with Gasteiger partial charge in [0.15, 0.2) is 31.7 Å². The highest BCUT2D eigenvalue weighted by Gasteiger charge is 2.22. The number of halogens is 2. The van der Waals surface area contributed by atoms with Crippen molar-refractivity contribution in [2.75, 3.05) is 13.1 Å². The molecule has 0 saturated carbocycles.